The van der Waals surface area contributed by atoms with Crippen LogP contribution < -0.4 is 9.64 Å². The molecule has 0 atom stereocenters. The number of hydrogen-bond donors (Lipinski definition) is 0. The maximum atomic E-state index is 6.00. The minimum atomic E-state index is 0.617. The first-order valence-corrected chi connectivity index (χ1v) is 8.26. The first-order valence-electron chi connectivity index (χ1n) is 7.09. The second kappa shape index (κ2) is 6.75. The van der Waals surface area contributed by atoms with Gasteiger partial charge in [-0.25, -0.2) is 4.99 Å². The summed E-state index contributed by atoms with van der Waals surface area (Å²) in [6.45, 7) is 2.07. The van der Waals surface area contributed by atoms with E-state index in [0.717, 1.165) is 23.4 Å². The maximum Gasteiger partial charge on any atom is 0.210 e. The third-order valence-electron chi connectivity index (χ3n) is 3.55. The highest BCUT2D eigenvalue weighted by molar-refractivity contribution is 9.10. The number of hydrogen-bond acceptors (Lipinski definition) is 4. The van der Waals surface area contributed by atoms with Gasteiger partial charge in [0.2, 0.25) is 5.88 Å². The predicted molar refractivity (Wildman–Crippen MR) is 93.1 cm³/mol. The fraction of sp³-hybridized carbons (Fsp3) is 0.312. The van der Waals surface area contributed by atoms with Crippen LogP contribution in [0.3, 0.4) is 0 Å². The third kappa shape index (κ3) is 3.31. The first kappa shape index (κ1) is 15.4. The summed E-state index contributed by atoms with van der Waals surface area (Å²) in [5, 5.41) is 0.617. The molecule has 3 rings (SSSR count). The predicted octanol–water partition coefficient (Wildman–Crippen LogP) is 5.05. The van der Waals surface area contributed by atoms with E-state index in [-0.39, 0.29) is 0 Å². The van der Waals surface area contributed by atoms with Gasteiger partial charge in [-0.3, -0.25) is 0 Å². The van der Waals surface area contributed by atoms with Crippen molar-refractivity contribution in [3.63, 3.8) is 0 Å². The van der Waals surface area contributed by atoms with Crippen molar-refractivity contribution < 1.29 is 9.15 Å². The minimum absolute atomic E-state index is 0.617. The average molecular weight is 384 g/mol. The lowest BCUT2D eigenvalue weighted by atomic mass is 10.3. The first-order chi connectivity index (χ1) is 10.7. The topological polar surface area (TPSA) is 38.0 Å². The van der Waals surface area contributed by atoms with E-state index < -0.39 is 0 Å². The molecular formula is C16H16BrClN2O2. The average Bonchev–Trinajstić information content (AvgIpc) is 3.14. The molecule has 1 aliphatic heterocycles. The van der Waals surface area contributed by atoms with Gasteiger partial charge in [0, 0.05) is 24.2 Å². The van der Waals surface area contributed by atoms with E-state index >= 15 is 0 Å². The Bertz CT molecular complexity index is 693. The number of ether oxygens (including phenoxy) is 1. The van der Waals surface area contributed by atoms with E-state index in [0.29, 0.717) is 22.2 Å². The normalized spacial score (nSPS) is 15.0. The molecule has 1 aromatic carbocycles. The van der Waals surface area contributed by atoms with Gasteiger partial charge >= 0.3 is 0 Å². The van der Waals surface area contributed by atoms with Crippen molar-refractivity contribution in [1.29, 1.82) is 0 Å². The van der Waals surface area contributed by atoms with Crippen molar-refractivity contribution in [2.45, 2.75) is 12.8 Å². The van der Waals surface area contributed by atoms with Crippen LogP contribution >= 0.6 is 27.5 Å². The van der Waals surface area contributed by atoms with E-state index in [1.807, 2.05) is 6.07 Å². The molecule has 1 aromatic heterocycles. The number of halogens is 2. The number of furan rings is 1. The highest BCUT2D eigenvalue weighted by Gasteiger charge is 2.19. The van der Waals surface area contributed by atoms with Crippen LogP contribution in [0.4, 0.5) is 11.6 Å². The Kier molecular flexibility index (Phi) is 4.74. The van der Waals surface area contributed by atoms with Crippen molar-refractivity contribution in [1.82, 2.24) is 0 Å². The molecule has 0 amide bonds. The molecule has 0 N–H and O–H groups in total. The quantitative estimate of drug-likeness (QED) is 0.693. The van der Waals surface area contributed by atoms with Gasteiger partial charge in [0.25, 0.3) is 0 Å². The summed E-state index contributed by atoms with van der Waals surface area (Å²) in [6.07, 6.45) is 4.09. The second-order valence-electron chi connectivity index (χ2n) is 5.07. The van der Waals surface area contributed by atoms with Crippen molar-refractivity contribution in [2.24, 2.45) is 4.99 Å². The van der Waals surface area contributed by atoms with E-state index in [2.05, 4.69) is 25.8 Å². The van der Waals surface area contributed by atoms with Crippen LogP contribution in [0.15, 0.2) is 38.1 Å². The molecule has 0 spiro atoms. The molecule has 6 heteroatoms. The van der Waals surface area contributed by atoms with Gasteiger partial charge in [0.1, 0.15) is 17.2 Å². The summed E-state index contributed by atoms with van der Waals surface area (Å²) >= 11 is 9.55. The summed E-state index contributed by atoms with van der Waals surface area (Å²) in [4.78, 5) is 6.66. The molecule has 116 valence electrons. The number of benzene rings is 1. The summed E-state index contributed by atoms with van der Waals surface area (Å²) in [5.74, 6) is 2.24. The molecule has 0 unspecified atom stereocenters. The van der Waals surface area contributed by atoms with Gasteiger partial charge in [-0.1, -0.05) is 11.6 Å². The van der Waals surface area contributed by atoms with Crippen LogP contribution in [0.2, 0.25) is 5.02 Å². The fourth-order valence-corrected chi connectivity index (χ4v) is 3.20. The van der Waals surface area contributed by atoms with Crippen molar-refractivity contribution in [3.8, 4) is 5.75 Å². The molecule has 2 aromatic rings. The number of nitrogens with zero attached hydrogens (tertiary/aromatic N) is 2. The lowest BCUT2D eigenvalue weighted by molar-refractivity contribution is 0.416. The second-order valence-corrected chi connectivity index (χ2v) is 6.36. The lowest BCUT2D eigenvalue weighted by Gasteiger charge is -2.13. The Balaban J connectivity index is 1.84. The third-order valence-corrected chi connectivity index (χ3v) is 4.36. The smallest absolute Gasteiger partial charge is 0.210 e. The summed E-state index contributed by atoms with van der Waals surface area (Å²) in [7, 11) is 1.61. The molecule has 1 saturated heterocycles. The number of aliphatic imine (C=N–C) groups is 1. The molecule has 22 heavy (non-hydrogen) atoms. The Morgan fingerprint density at radius 3 is 2.82 bits per heavy atom. The molecule has 0 saturated carbocycles. The Hall–Kier alpha value is -1.46. The zero-order valence-corrected chi connectivity index (χ0v) is 14.5. The minimum Gasteiger partial charge on any atom is -0.494 e. The largest absolute Gasteiger partial charge is 0.494 e. The van der Waals surface area contributed by atoms with Crippen LogP contribution in [0, 0.1) is 0 Å². The molecule has 2 heterocycles. The van der Waals surface area contributed by atoms with E-state index in [1.54, 1.807) is 31.5 Å². The van der Waals surface area contributed by atoms with Gasteiger partial charge in [0.15, 0.2) is 0 Å². The highest BCUT2D eigenvalue weighted by Crippen LogP contribution is 2.33. The zero-order chi connectivity index (χ0) is 15.5. The monoisotopic (exact) mass is 382 g/mol. The molecular weight excluding hydrogens is 368 g/mol. The Morgan fingerprint density at radius 2 is 2.09 bits per heavy atom. The van der Waals surface area contributed by atoms with Crippen molar-refractivity contribution >= 4 is 45.3 Å². The summed E-state index contributed by atoms with van der Waals surface area (Å²) < 4.78 is 12.1. The zero-order valence-electron chi connectivity index (χ0n) is 12.2. The van der Waals surface area contributed by atoms with Crippen molar-refractivity contribution in [2.75, 3.05) is 25.1 Å². The number of methoxy groups -OCH3 is 1. The van der Waals surface area contributed by atoms with Crippen LogP contribution in [-0.2, 0) is 0 Å². The molecule has 4 nitrogen and oxygen atoms in total. The Morgan fingerprint density at radius 1 is 1.32 bits per heavy atom. The molecule has 0 radical (unpaired) electrons. The number of rotatable bonds is 4. The maximum absolute atomic E-state index is 6.00. The van der Waals surface area contributed by atoms with Gasteiger partial charge in [-0.15, -0.1) is 0 Å². The van der Waals surface area contributed by atoms with Crippen LogP contribution in [0.25, 0.3) is 0 Å². The number of anilines is 1. The fourth-order valence-electron chi connectivity index (χ4n) is 2.47. The van der Waals surface area contributed by atoms with Crippen molar-refractivity contribution in [3.05, 3.63) is 39.5 Å². The molecule has 0 bridgehead atoms. The summed E-state index contributed by atoms with van der Waals surface area (Å²) in [6, 6.07) is 7.25. The molecule has 1 aliphatic rings. The Labute approximate surface area is 142 Å². The van der Waals surface area contributed by atoms with Gasteiger partial charge in [-0.05, 0) is 47.0 Å². The molecule has 0 aliphatic carbocycles. The lowest BCUT2D eigenvalue weighted by Crippen LogP contribution is -2.17. The van der Waals surface area contributed by atoms with Crippen LogP contribution in [-0.4, -0.2) is 26.4 Å². The van der Waals surface area contributed by atoms with Crippen LogP contribution in [0.1, 0.15) is 18.6 Å². The van der Waals surface area contributed by atoms with Crippen LogP contribution in [0.5, 0.6) is 5.75 Å². The van der Waals surface area contributed by atoms with Gasteiger partial charge in [-0.2, -0.15) is 0 Å². The highest BCUT2D eigenvalue weighted by atomic mass is 79.9. The van der Waals surface area contributed by atoms with E-state index in [4.69, 9.17) is 20.8 Å². The summed E-state index contributed by atoms with van der Waals surface area (Å²) in [5.41, 5.74) is 0.672. The SMILES string of the molecule is COc1ccc(Cl)cc1N=Cc1cc(Br)c(N2CCCC2)o1. The van der Waals surface area contributed by atoms with Gasteiger partial charge in [0.05, 0.1) is 17.8 Å². The van der Waals surface area contributed by atoms with E-state index in [1.165, 1.54) is 12.8 Å². The van der Waals surface area contributed by atoms with E-state index in [9.17, 15) is 0 Å². The van der Waals surface area contributed by atoms with Gasteiger partial charge < -0.3 is 14.1 Å². The standard InChI is InChI=1S/C16H16BrClN2O2/c1-21-15-5-4-11(18)8-14(15)19-10-12-9-13(17)16(22-12)20-6-2-3-7-20/h4-5,8-10H,2-3,6-7H2,1H3. The molecule has 1 fully saturated rings.